The summed E-state index contributed by atoms with van der Waals surface area (Å²) in [6, 6.07) is 32.8. The lowest BCUT2D eigenvalue weighted by molar-refractivity contribution is -0.139. The van der Waals surface area contributed by atoms with Gasteiger partial charge in [-0.15, -0.1) is 0 Å². The molecule has 7 heteroatoms. The molecule has 0 fully saturated rings. The van der Waals surface area contributed by atoms with Crippen molar-refractivity contribution in [2.75, 3.05) is 42.6 Å². The SMILES string of the molecule is O=C(O)COc1cccc2c1OCCN2CCN(C(=O)c1ccc(-c2ccccc2)cc1)c1ccccc1. The minimum atomic E-state index is -1.05. The van der Waals surface area contributed by atoms with E-state index in [2.05, 4.69) is 4.90 Å². The number of fused-ring (bicyclic) bond motifs is 1. The molecule has 192 valence electrons. The molecule has 1 aliphatic heterocycles. The number of carboxylic acids is 1. The van der Waals surface area contributed by atoms with Crippen molar-refractivity contribution in [1.29, 1.82) is 0 Å². The molecule has 0 bridgehead atoms. The van der Waals surface area contributed by atoms with Crippen LogP contribution in [0.1, 0.15) is 10.4 Å². The van der Waals surface area contributed by atoms with E-state index in [1.54, 1.807) is 11.0 Å². The first-order chi connectivity index (χ1) is 18.6. The van der Waals surface area contributed by atoms with Crippen molar-refractivity contribution >= 4 is 23.3 Å². The maximum Gasteiger partial charge on any atom is 0.341 e. The van der Waals surface area contributed by atoms with Crippen molar-refractivity contribution in [3.05, 3.63) is 109 Å². The van der Waals surface area contributed by atoms with Crippen LogP contribution in [0.25, 0.3) is 11.1 Å². The van der Waals surface area contributed by atoms with Gasteiger partial charge in [-0.1, -0.05) is 66.7 Å². The van der Waals surface area contributed by atoms with Crippen LogP contribution in [0, 0.1) is 0 Å². The highest BCUT2D eigenvalue weighted by atomic mass is 16.5. The van der Waals surface area contributed by atoms with Crippen molar-refractivity contribution in [3.63, 3.8) is 0 Å². The van der Waals surface area contributed by atoms with E-state index >= 15 is 0 Å². The fourth-order valence-corrected chi connectivity index (χ4v) is 4.53. The molecule has 5 rings (SSSR count). The minimum absolute atomic E-state index is 0.0807. The highest BCUT2D eigenvalue weighted by molar-refractivity contribution is 6.06. The van der Waals surface area contributed by atoms with E-state index < -0.39 is 12.6 Å². The predicted molar refractivity (Wildman–Crippen MR) is 147 cm³/mol. The van der Waals surface area contributed by atoms with Gasteiger partial charge in [-0.05, 0) is 47.5 Å². The molecular formula is C31H28N2O5. The summed E-state index contributed by atoms with van der Waals surface area (Å²) in [7, 11) is 0. The lowest BCUT2D eigenvalue weighted by Gasteiger charge is -2.34. The summed E-state index contributed by atoms with van der Waals surface area (Å²) in [6.45, 7) is 1.63. The number of rotatable bonds is 9. The maximum absolute atomic E-state index is 13.7. The van der Waals surface area contributed by atoms with Crippen molar-refractivity contribution in [3.8, 4) is 22.6 Å². The number of hydrogen-bond acceptors (Lipinski definition) is 5. The summed E-state index contributed by atoms with van der Waals surface area (Å²) in [4.78, 5) is 28.6. The number of benzene rings is 4. The van der Waals surface area contributed by atoms with Crippen LogP contribution < -0.4 is 19.3 Å². The van der Waals surface area contributed by atoms with E-state index in [-0.39, 0.29) is 5.91 Å². The first-order valence-corrected chi connectivity index (χ1v) is 12.5. The Kier molecular flexibility index (Phi) is 7.54. The molecule has 1 heterocycles. The smallest absolute Gasteiger partial charge is 0.341 e. The van der Waals surface area contributed by atoms with Crippen LogP contribution in [0.4, 0.5) is 11.4 Å². The second-order valence-corrected chi connectivity index (χ2v) is 8.86. The third kappa shape index (κ3) is 5.62. The minimum Gasteiger partial charge on any atom is -0.486 e. The van der Waals surface area contributed by atoms with E-state index in [9.17, 15) is 9.59 Å². The number of ether oxygens (including phenoxy) is 2. The Morgan fingerprint density at radius 1 is 0.842 bits per heavy atom. The van der Waals surface area contributed by atoms with Gasteiger partial charge in [0, 0.05) is 24.3 Å². The molecule has 0 spiro atoms. The second kappa shape index (κ2) is 11.5. The Labute approximate surface area is 221 Å². The molecule has 1 N–H and O–H groups in total. The van der Waals surface area contributed by atoms with Gasteiger partial charge in [0.25, 0.3) is 5.91 Å². The van der Waals surface area contributed by atoms with Crippen LogP contribution >= 0.6 is 0 Å². The maximum atomic E-state index is 13.7. The molecule has 4 aromatic carbocycles. The van der Waals surface area contributed by atoms with Crippen LogP contribution in [0.3, 0.4) is 0 Å². The van der Waals surface area contributed by atoms with Gasteiger partial charge >= 0.3 is 5.97 Å². The second-order valence-electron chi connectivity index (χ2n) is 8.86. The van der Waals surface area contributed by atoms with Gasteiger partial charge in [0.1, 0.15) is 6.61 Å². The van der Waals surface area contributed by atoms with E-state index in [1.807, 2.05) is 97.1 Å². The summed E-state index contributed by atoms with van der Waals surface area (Å²) in [5.41, 5.74) is 4.40. The molecule has 7 nitrogen and oxygen atoms in total. The third-order valence-corrected chi connectivity index (χ3v) is 6.40. The van der Waals surface area contributed by atoms with Gasteiger partial charge in [-0.3, -0.25) is 4.79 Å². The van der Waals surface area contributed by atoms with Gasteiger partial charge in [-0.25, -0.2) is 4.79 Å². The summed E-state index contributed by atoms with van der Waals surface area (Å²) in [6.07, 6.45) is 0. The Morgan fingerprint density at radius 3 is 2.24 bits per heavy atom. The fraction of sp³-hybridized carbons (Fsp3) is 0.161. The molecule has 0 unspecified atom stereocenters. The summed E-state index contributed by atoms with van der Waals surface area (Å²) in [5.74, 6) is -0.217. The zero-order chi connectivity index (χ0) is 26.3. The Balaban J connectivity index is 1.36. The largest absolute Gasteiger partial charge is 0.486 e. The zero-order valence-electron chi connectivity index (χ0n) is 20.8. The van der Waals surface area contributed by atoms with E-state index in [0.717, 1.165) is 22.5 Å². The summed E-state index contributed by atoms with van der Waals surface area (Å²) < 4.78 is 11.3. The van der Waals surface area contributed by atoms with Gasteiger partial charge in [0.2, 0.25) is 0 Å². The van der Waals surface area contributed by atoms with Crippen LogP contribution in [0.2, 0.25) is 0 Å². The lowest BCUT2D eigenvalue weighted by Crippen LogP contribution is -2.41. The number of amides is 1. The normalized spacial score (nSPS) is 12.3. The van der Waals surface area contributed by atoms with Gasteiger partial charge < -0.3 is 24.4 Å². The predicted octanol–water partition coefficient (Wildman–Crippen LogP) is 5.36. The van der Waals surface area contributed by atoms with Gasteiger partial charge in [-0.2, -0.15) is 0 Å². The molecule has 0 aliphatic carbocycles. The van der Waals surface area contributed by atoms with Crippen molar-refractivity contribution in [1.82, 2.24) is 0 Å². The number of anilines is 2. The van der Waals surface area contributed by atoms with E-state index in [0.29, 0.717) is 43.3 Å². The number of carboxylic acid groups (broad SMARTS) is 1. The number of nitrogens with zero attached hydrogens (tertiary/aromatic N) is 2. The molecule has 0 aromatic heterocycles. The first kappa shape index (κ1) is 24.9. The van der Waals surface area contributed by atoms with Crippen LogP contribution in [0.5, 0.6) is 11.5 Å². The molecule has 0 saturated carbocycles. The number of hydrogen-bond donors (Lipinski definition) is 1. The summed E-state index contributed by atoms with van der Waals surface area (Å²) in [5, 5.41) is 8.99. The van der Waals surface area contributed by atoms with Gasteiger partial charge in [0.05, 0.1) is 12.2 Å². The Hall–Kier alpha value is -4.78. The first-order valence-electron chi connectivity index (χ1n) is 12.5. The average Bonchev–Trinajstić information content (AvgIpc) is 2.97. The van der Waals surface area contributed by atoms with Crippen LogP contribution in [-0.4, -0.2) is 49.8 Å². The standard InChI is InChI=1S/C31H28N2O5/c34-29(35)22-38-28-13-7-12-27-30(28)37-21-20-32(27)18-19-33(26-10-5-2-6-11-26)31(36)25-16-14-24(15-17-25)23-8-3-1-4-9-23/h1-17H,18-22H2,(H,34,35). The Morgan fingerprint density at radius 2 is 1.53 bits per heavy atom. The lowest BCUT2D eigenvalue weighted by atomic mass is 10.0. The average molecular weight is 509 g/mol. The van der Waals surface area contributed by atoms with Crippen molar-refractivity contribution in [2.24, 2.45) is 0 Å². The third-order valence-electron chi connectivity index (χ3n) is 6.40. The highest BCUT2D eigenvalue weighted by Crippen LogP contribution is 2.40. The number of carbonyl (C=O) groups excluding carboxylic acids is 1. The monoisotopic (exact) mass is 508 g/mol. The van der Waals surface area contributed by atoms with Crippen LogP contribution in [-0.2, 0) is 4.79 Å². The molecular weight excluding hydrogens is 480 g/mol. The topological polar surface area (TPSA) is 79.3 Å². The van der Waals surface area contributed by atoms with E-state index in [1.165, 1.54) is 0 Å². The molecule has 0 saturated heterocycles. The molecule has 1 aliphatic rings. The molecule has 4 aromatic rings. The van der Waals surface area contributed by atoms with Crippen molar-refractivity contribution in [2.45, 2.75) is 0 Å². The highest BCUT2D eigenvalue weighted by Gasteiger charge is 2.24. The van der Waals surface area contributed by atoms with Gasteiger partial charge in [0.15, 0.2) is 18.1 Å². The Bertz CT molecular complexity index is 1390. The van der Waals surface area contributed by atoms with Crippen LogP contribution in [0.15, 0.2) is 103 Å². The number of aliphatic carboxylic acids is 1. The molecule has 0 radical (unpaired) electrons. The molecule has 0 atom stereocenters. The van der Waals surface area contributed by atoms with E-state index in [4.69, 9.17) is 14.6 Å². The van der Waals surface area contributed by atoms with Crippen molar-refractivity contribution < 1.29 is 24.2 Å². The fourth-order valence-electron chi connectivity index (χ4n) is 4.53. The molecule has 1 amide bonds. The molecule has 38 heavy (non-hydrogen) atoms. The number of carbonyl (C=O) groups is 2. The zero-order valence-corrected chi connectivity index (χ0v) is 20.8. The quantitative estimate of drug-likeness (QED) is 0.328. The summed E-state index contributed by atoms with van der Waals surface area (Å²) >= 11 is 0. The number of para-hydroxylation sites is 2.